The van der Waals surface area contributed by atoms with Crippen LogP contribution in [0.2, 0.25) is 0 Å². The van der Waals surface area contributed by atoms with Crippen molar-refractivity contribution >= 4 is 0 Å². The molecular formula is C15H24FNO2. The van der Waals surface area contributed by atoms with Gasteiger partial charge >= 0.3 is 0 Å². The van der Waals surface area contributed by atoms with Crippen molar-refractivity contribution in [2.45, 2.75) is 33.0 Å². The van der Waals surface area contributed by atoms with E-state index in [2.05, 4.69) is 19.2 Å². The van der Waals surface area contributed by atoms with Gasteiger partial charge < -0.3 is 15.2 Å². The Balaban J connectivity index is 2.13. The summed E-state index contributed by atoms with van der Waals surface area (Å²) >= 11 is 0. The van der Waals surface area contributed by atoms with Gasteiger partial charge in [-0.3, -0.25) is 0 Å². The summed E-state index contributed by atoms with van der Waals surface area (Å²) in [6.07, 6.45) is 0.559. The second-order valence-electron chi connectivity index (χ2n) is 4.93. The Kier molecular flexibility index (Phi) is 7.63. The highest BCUT2D eigenvalue weighted by atomic mass is 19.1. The van der Waals surface area contributed by atoms with Crippen molar-refractivity contribution in [3.8, 4) is 0 Å². The van der Waals surface area contributed by atoms with Crippen LogP contribution >= 0.6 is 0 Å². The lowest BCUT2D eigenvalue weighted by molar-refractivity contribution is 0.0276. The molecule has 2 unspecified atom stereocenters. The third-order valence-electron chi connectivity index (χ3n) is 3.10. The maximum atomic E-state index is 13.3. The van der Waals surface area contributed by atoms with Gasteiger partial charge in [0.15, 0.2) is 0 Å². The second kappa shape index (κ2) is 9.02. The van der Waals surface area contributed by atoms with Crippen LogP contribution in [0.3, 0.4) is 0 Å². The Bertz CT molecular complexity index is 360. The Morgan fingerprint density at radius 2 is 2.05 bits per heavy atom. The monoisotopic (exact) mass is 269 g/mol. The molecule has 0 amide bonds. The molecule has 1 aromatic carbocycles. The van der Waals surface area contributed by atoms with Crippen molar-refractivity contribution < 1.29 is 14.2 Å². The van der Waals surface area contributed by atoms with Gasteiger partial charge in [-0.2, -0.15) is 0 Å². The van der Waals surface area contributed by atoms with Crippen molar-refractivity contribution in [1.82, 2.24) is 5.32 Å². The molecule has 1 aromatic rings. The van der Waals surface area contributed by atoms with E-state index in [1.807, 2.05) is 0 Å². The summed E-state index contributed by atoms with van der Waals surface area (Å²) in [6, 6.07) is 6.50. The van der Waals surface area contributed by atoms with E-state index in [4.69, 9.17) is 4.74 Å². The lowest BCUT2D eigenvalue weighted by atomic mass is 10.1. The number of hydrogen-bond acceptors (Lipinski definition) is 3. The van der Waals surface area contributed by atoms with Crippen molar-refractivity contribution in [2.75, 3.05) is 19.7 Å². The Labute approximate surface area is 114 Å². The first kappa shape index (κ1) is 16.1. The van der Waals surface area contributed by atoms with Gasteiger partial charge in [0.1, 0.15) is 5.82 Å². The number of aliphatic hydroxyl groups excluding tert-OH is 1. The fourth-order valence-corrected chi connectivity index (χ4v) is 1.62. The summed E-state index contributed by atoms with van der Waals surface area (Å²) in [6.45, 7) is 6.09. The van der Waals surface area contributed by atoms with Crippen LogP contribution in [-0.2, 0) is 11.3 Å². The third kappa shape index (κ3) is 6.66. The molecular weight excluding hydrogens is 245 g/mol. The van der Waals surface area contributed by atoms with Crippen LogP contribution in [0.4, 0.5) is 4.39 Å². The van der Waals surface area contributed by atoms with Crippen molar-refractivity contribution in [3.05, 3.63) is 35.6 Å². The zero-order valence-electron chi connectivity index (χ0n) is 11.7. The van der Waals surface area contributed by atoms with E-state index < -0.39 is 6.10 Å². The van der Waals surface area contributed by atoms with Gasteiger partial charge in [0.2, 0.25) is 0 Å². The molecule has 0 bridgehead atoms. The summed E-state index contributed by atoms with van der Waals surface area (Å²) in [5.74, 6) is 0.332. The predicted octanol–water partition coefficient (Wildman–Crippen LogP) is 2.34. The Morgan fingerprint density at radius 3 is 2.74 bits per heavy atom. The first-order valence-corrected chi connectivity index (χ1v) is 6.83. The number of rotatable bonds is 9. The number of hydrogen-bond donors (Lipinski definition) is 2. The summed E-state index contributed by atoms with van der Waals surface area (Å²) < 4.78 is 18.6. The topological polar surface area (TPSA) is 41.5 Å². The molecule has 0 spiro atoms. The molecule has 0 aliphatic heterocycles. The molecule has 1 rings (SSSR count). The fraction of sp³-hybridized carbons (Fsp3) is 0.600. The number of halogens is 1. The number of nitrogens with one attached hydrogen (secondary N) is 1. The molecule has 0 heterocycles. The quantitative estimate of drug-likeness (QED) is 0.723. The highest BCUT2D eigenvalue weighted by molar-refractivity contribution is 5.16. The third-order valence-corrected chi connectivity index (χ3v) is 3.10. The second-order valence-corrected chi connectivity index (χ2v) is 4.93. The standard InChI is InChI=1S/C15H24FNO2/c1-3-12(2)8-17-9-14(18)11-19-10-13-6-4-5-7-15(13)16/h4-7,12,14,17-18H,3,8-11H2,1-2H3. The van der Waals surface area contributed by atoms with E-state index in [1.54, 1.807) is 18.2 Å². The average molecular weight is 269 g/mol. The highest BCUT2D eigenvalue weighted by Gasteiger charge is 2.06. The smallest absolute Gasteiger partial charge is 0.128 e. The molecule has 19 heavy (non-hydrogen) atoms. The van der Waals surface area contributed by atoms with Crippen LogP contribution in [0.25, 0.3) is 0 Å². The van der Waals surface area contributed by atoms with Gasteiger partial charge in [0.05, 0.1) is 19.3 Å². The van der Waals surface area contributed by atoms with E-state index in [0.717, 1.165) is 13.0 Å². The normalized spacial score (nSPS) is 14.3. The van der Waals surface area contributed by atoms with Crippen LogP contribution in [0.1, 0.15) is 25.8 Å². The van der Waals surface area contributed by atoms with Crippen LogP contribution in [-0.4, -0.2) is 30.9 Å². The summed E-state index contributed by atoms with van der Waals surface area (Å²) in [4.78, 5) is 0. The first-order valence-electron chi connectivity index (χ1n) is 6.83. The zero-order chi connectivity index (χ0) is 14.1. The molecule has 0 radical (unpaired) electrons. The molecule has 0 saturated carbocycles. The average Bonchev–Trinajstić information content (AvgIpc) is 2.40. The maximum absolute atomic E-state index is 13.3. The Hall–Kier alpha value is -0.970. The molecule has 0 saturated heterocycles. The lowest BCUT2D eigenvalue weighted by Crippen LogP contribution is -2.32. The van der Waals surface area contributed by atoms with Gasteiger partial charge in [-0.25, -0.2) is 4.39 Å². The molecule has 4 heteroatoms. The van der Waals surface area contributed by atoms with Gasteiger partial charge in [-0.1, -0.05) is 38.5 Å². The number of aliphatic hydroxyl groups is 1. The summed E-state index contributed by atoms with van der Waals surface area (Å²) in [5.41, 5.74) is 0.516. The van der Waals surface area contributed by atoms with Gasteiger partial charge in [0, 0.05) is 12.1 Å². The van der Waals surface area contributed by atoms with Crippen molar-refractivity contribution in [2.24, 2.45) is 5.92 Å². The van der Waals surface area contributed by atoms with Crippen LogP contribution in [0, 0.1) is 11.7 Å². The van der Waals surface area contributed by atoms with Crippen LogP contribution in [0.15, 0.2) is 24.3 Å². The van der Waals surface area contributed by atoms with Crippen LogP contribution in [0.5, 0.6) is 0 Å². The fourth-order valence-electron chi connectivity index (χ4n) is 1.62. The molecule has 2 atom stereocenters. The Morgan fingerprint density at radius 1 is 1.32 bits per heavy atom. The molecule has 108 valence electrons. The van der Waals surface area contributed by atoms with Crippen molar-refractivity contribution in [1.29, 1.82) is 0 Å². The van der Waals surface area contributed by atoms with E-state index >= 15 is 0 Å². The summed E-state index contributed by atoms with van der Waals surface area (Å²) in [5, 5.41) is 12.9. The maximum Gasteiger partial charge on any atom is 0.128 e. The minimum Gasteiger partial charge on any atom is -0.389 e. The molecule has 3 nitrogen and oxygen atoms in total. The van der Waals surface area contributed by atoms with Crippen molar-refractivity contribution in [3.63, 3.8) is 0 Å². The van der Waals surface area contributed by atoms with Gasteiger partial charge in [0.25, 0.3) is 0 Å². The largest absolute Gasteiger partial charge is 0.389 e. The number of ether oxygens (including phenoxy) is 1. The molecule has 0 aliphatic rings. The molecule has 0 fully saturated rings. The molecule has 0 aliphatic carbocycles. The highest BCUT2D eigenvalue weighted by Crippen LogP contribution is 2.07. The van der Waals surface area contributed by atoms with E-state index in [-0.39, 0.29) is 19.0 Å². The number of benzene rings is 1. The van der Waals surface area contributed by atoms with E-state index in [0.29, 0.717) is 18.0 Å². The van der Waals surface area contributed by atoms with Gasteiger partial charge in [-0.15, -0.1) is 0 Å². The lowest BCUT2D eigenvalue weighted by Gasteiger charge is -2.14. The zero-order valence-corrected chi connectivity index (χ0v) is 11.7. The van der Waals surface area contributed by atoms with Gasteiger partial charge in [-0.05, 0) is 18.5 Å². The summed E-state index contributed by atoms with van der Waals surface area (Å²) in [7, 11) is 0. The minimum absolute atomic E-state index is 0.190. The predicted molar refractivity (Wildman–Crippen MR) is 74.4 cm³/mol. The van der Waals surface area contributed by atoms with E-state index in [1.165, 1.54) is 6.07 Å². The molecule has 0 aromatic heterocycles. The van der Waals surface area contributed by atoms with E-state index in [9.17, 15) is 9.50 Å². The SMILES string of the molecule is CCC(C)CNCC(O)COCc1ccccc1F. The molecule has 2 N–H and O–H groups in total. The van der Waals surface area contributed by atoms with Crippen LogP contribution < -0.4 is 5.32 Å². The minimum atomic E-state index is -0.559. The first-order chi connectivity index (χ1) is 9.13.